The number of ketones is 1. The molecule has 0 aromatic heterocycles. The molecule has 1 fully saturated rings. The van der Waals surface area contributed by atoms with Gasteiger partial charge in [0.2, 0.25) is 0 Å². The van der Waals surface area contributed by atoms with Gasteiger partial charge in [-0.25, -0.2) is 9.69 Å². The normalized spacial score (nSPS) is 19.3. The van der Waals surface area contributed by atoms with Crippen LogP contribution in [-0.4, -0.2) is 22.6 Å². The van der Waals surface area contributed by atoms with Gasteiger partial charge in [0, 0.05) is 5.56 Å². The Kier molecular flexibility index (Phi) is 5.19. The average Bonchev–Trinajstić information content (AvgIpc) is 3.00. The first-order valence-electron chi connectivity index (χ1n) is 10.2. The van der Waals surface area contributed by atoms with E-state index >= 15 is 0 Å². The summed E-state index contributed by atoms with van der Waals surface area (Å²) in [5.74, 6) is -0.751. The zero-order valence-corrected chi connectivity index (χ0v) is 17.8. The van der Waals surface area contributed by atoms with E-state index in [-0.39, 0.29) is 5.78 Å². The summed E-state index contributed by atoms with van der Waals surface area (Å²) in [6.45, 7) is 5.56. The number of urea groups is 1. The SMILES string of the molecule is Cc1ccc(C(=O)[C@@H](c2ccc(C)cc2)N2C(=O)N[C@](C)(c3ccccc3)C2=O)cc1. The third kappa shape index (κ3) is 3.63. The maximum absolute atomic E-state index is 13.6. The molecule has 156 valence electrons. The number of nitrogens with one attached hydrogen (secondary N) is 1. The van der Waals surface area contributed by atoms with Crippen molar-refractivity contribution in [3.05, 3.63) is 107 Å². The van der Waals surface area contributed by atoms with E-state index in [0.29, 0.717) is 16.7 Å². The number of carbonyl (C=O) groups excluding carboxylic acids is 3. The van der Waals surface area contributed by atoms with Gasteiger partial charge < -0.3 is 5.32 Å². The minimum absolute atomic E-state index is 0.301. The summed E-state index contributed by atoms with van der Waals surface area (Å²) >= 11 is 0. The summed E-state index contributed by atoms with van der Waals surface area (Å²) in [5, 5.41) is 2.81. The van der Waals surface area contributed by atoms with Gasteiger partial charge in [0.05, 0.1) is 0 Å². The summed E-state index contributed by atoms with van der Waals surface area (Å²) in [5.41, 5.74) is 2.52. The van der Waals surface area contributed by atoms with Crippen LogP contribution in [0.25, 0.3) is 0 Å². The highest BCUT2D eigenvalue weighted by molar-refractivity contribution is 6.12. The number of hydrogen-bond acceptors (Lipinski definition) is 3. The maximum atomic E-state index is 13.6. The molecule has 1 N–H and O–H groups in total. The van der Waals surface area contributed by atoms with Gasteiger partial charge in [-0.2, -0.15) is 0 Å². The molecule has 5 nitrogen and oxygen atoms in total. The quantitative estimate of drug-likeness (QED) is 0.488. The second-order valence-electron chi connectivity index (χ2n) is 8.14. The van der Waals surface area contributed by atoms with Gasteiger partial charge >= 0.3 is 6.03 Å². The van der Waals surface area contributed by atoms with Crippen molar-refractivity contribution in [2.75, 3.05) is 0 Å². The predicted molar refractivity (Wildman–Crippen MR) is 119 cm³/mol. The van der Waals surface area contributed by atoms with Crippen LogP contribution in [0.4, 0.5) is 4.79 Å². The number of amides is 3. The summed E-state index contributed by atoms with van der Waals surface area (Å²) in [6, 6.07) is 21.9. The van der Waals surface area contributed by atoms with Crippen LogP contribution in [0.1, 0.15) is 45.6 Å². The molecule has 0 radical (unpaired) electrons. The van der Waals surface area contributed by atoms with Crippen molar-refractivity contribution in [2.24, 2.45) is 0 Å². The lowest BCUT2D eigenvalue weighted by atomic mass is 9.90. The standard InChI is InChI=1S/C26H24N2O3/c1-17-9-13-19(14-10-17)22(23(29)20-15-11-18(2)12-16-20)28-24(30)26(3,27-25(28)31)21-7-5-4-6-8-21/h4-16,22H,1-3H3,(H,27,31)/t22-,26-/m1/s1. The molecule has 1 aliphatic rings. The second kappa shape index (κ2) is 7.84. The fraction of sp³-hybridized carbons (Fsp3) is 0.192. The minimum atomic E-state index is -1.24. The van der Waals surface area contributed by atoms with Crippen LogP contribution < -0.4 is 5.32 Å². The van der Waals surface area contributed by atoms with Gasteiger partial charge in [0.15, 0.2) is 5.78 Å². The third-order valence-electron chi connectivity index (χ3n) is 5.81. The number of imide groups is 1. The number of hydrogen-bond donors (Lipinski definition) is 1. The van der Waals surface area contributed by atoms with Crippen molar-refractivity contribution in [3.8, 4) is 0 Å². The van der Waals surface area contributed by atoms with E-state index in [2.05, 4.69) is 5.32 Å². The zero-order valence-electron chi connectivity index (χ0n) is 17.8. The van der Waals surface area contributed by atoms with E-state index in [1.165, 1.54) is 0 Å². The molecule has 0 bridgehead atoms. The zero-order chi connectivity index (χ0) is 22.2. The van der Waals surface area contributed by atoms with E-state index in [1.54, 1.807) is 43.3 Å². The largest absolute Gasteiger partial charge is 0.326 e. The van der Waals surface area contributed by atoms with Crippen molar-refractivity contribution in [3.63, 3.8) is 0 Å². The highest BCUT2D eigenvalue weighted by Crippen LogP contribution is 2.36. The fourth-order valence-electron chi connectivity index (χ4n) is 3.90. The second-order valence-corrected chi connectivity index (χ2v) is 8.14. The highest BCUT2D eigenvalue weighted by atomic mass is 16.2. The number of benzene rings is 3. The van der Waals surface area contributed by atoms with E-state index in [1.807, 2.05) is 56.3 Å². The molecule has 1 aliphatic heterocycles. The predicted octanol–water partition coefficient (Wildman–Crippen LogP) is 4.69. The fourth-order valence-corrected chi connectivity index (χ4v) is 3.90. The van der Waals surface area contributed by atoms with E-state index < -0.39 is 23.5 Å². The Morgan fingerprint density at radius 1 is 0.839 bits per heavy atom. The van der Waals surface area contributed by atoms with Crippen molar-refractivity contribution in [1.29, 1.82) is 0 Å². The molecule has 3 aromatic rings. The van der Waals surface area contributed by atoms with Gasteiger partial charge in [0.1, 0.15) is 11.6 Å². The van der Waals surface area contributed by atoms with Crippen molar-refractivity contribution in [1.82, 2.24) is 10.2 Å². The van der Waals surface area contributed by atoms with Crippen LogP contribution in [0.2, 0.25) is 0 Å². The molecular weight excluding hydrogens is 388 g/mol. The lowest BCUT2D eigenvalue weighted by Gasteiger charge is -2.27. The average molecular weight is 412 g/mol. The Morgan fingerprint density at radius 2 is 1.39 bits per heavy atom. The first kappa shape index (κ1) is 20.5. The van der Waals surface area contributed by atoms with Gasteiger partial charge in [-0.1, -0.05) is 90.0 Å². The third-order valence-corrected chi connectivity index (χ3v) is 5.81. The number of aryl methyl sites for hydroxylation is 2. The number of rotatable bonds is 5. The summed E-state index contributed by atoms with van der Waals surface area (Å²) in [4.78, 5) is 41.3. The Labute approximate surface area is 181 Å². The number of nitrogens with zero attached hydrogens (tertiary/aromatic N) is 1. The highest BCUT2D eigenvalue weighted by Gasteiger charge is 2.53. The van der Waals surface area contributed by atoms with Crippen molar-refractivity contribution < 1.29 is 14.4 Å². The lowest BCUT2D eigenvalue weighted by Crippen LogP contribution is -2.42. The van der Waals surface area contributed by atoms with E-state index in [0.717, 1.165) is 16.0 Å². The molecule has 0 aliphatic carbocycles. The molecule has 0 spiro atoms. The topological polar surface area (TPSA) is 66.5 Å². The van der Waals surface area contributed by atoms with E-state index in [9.17, 15) is 14.4 Å². The van der Waals surface area contributed by atoms with Gasteiger partial charge in [0.25, 0.3) is 5.91 Å². The lowest BCUT2D eigenvalue weighted by molar-refractivity contribution is -0.132. The van der Waals surface area contributed by atoms with Crippen LogP contribution in [0.15, 0.2) is 78.9 Å². The van der Waals surface area contributed by atoms with Gasteiger partial charge in [-0.15, -0.1) is 0 Å². The maximum Gasteiger partial charge on any atom is 0.326 e. The first-order valence-corrected chi connectivity index (χ1v) is 10.2. The van der Waals surface area contributed by atoms with Crippen LogP contribution in [-0.2, 0) is 10.3 Å². The summed E-state index contributed by atoms with van der Waals surface area (Å²) < 4.78 is 0. The molecular formula is C26H24N2O3. The molecule has 2 atom stereocenters. The molecule has 4 rings (SSSR count). The molecule has 1 heterocycles. The Bertz CT molecular complexity index is 1140. The molecule has 3 aromatic carbocycles. The molecule has 5 heteroatoms. The number of carbonyl (C=O) groups is 3. The summed E-state index contributed by atoms with van der Waals surface area (Å²) in [6.07, 6.45) is 0. The van der Waals surface area contributed by atoms with Crippen LogP contribution in [0.3, 0.4) is 0 Å². The first-order chi connectivity index (χ1) is 14.8. The molecule has 3 amide bonds. The molecule has 0 saturated carbocycles. The Hall–Kier alpha value is -3.73. The van der Waals surface area contributed by atoms with Crippen LogP contribution in [0, 0.1) is 13.8 Å². The van der Waals surface area contributed by atoms with Crippen molar-refractivity contribution in [2.45, 2.75) is 32.4 Å². The molecule has 1 saturated heterocycles. The Morgan fingerprint density at radius 3 is 1.97 bits per heavy atom. The van der Waals surface area contributed by atoms with Gasteiger partial charge in [-0.3, -0.25) is 9.59 Å². The number of Topliss-reactive ketones (excluding diaryl/α,β-unsaturated/α-hetero) is 1. The van der Waals surface area contributed by atoms with Crippen molar-refractivity contribution >= 4 is 17.7 Å². The Balaban J connectivity index is 1.80. The summed E-state index contributed by atoms with van der Waals surface area (Å²) in [7, 11) is 0. The van der Waals surface area contributed by atoms with Crippen LogP contribution >= 0.6 is 0 Å². The molecule has 31 heavy (non-hydrogen) atoms. The van der Waals surface area contributed by atoms with Crippen LogP contribution in [0.5, 0.6) is 0 Å². The van der Waals surface area contributed by atoms with Gasteiger partial charge in [-0.05, 0) is 31.9 Å². The molecule has 0 unspecified atom stereocenters. The van der Waals surface area contributed by atoms with E-state index in [4.69, 9.17) is 0 Å². The minimum Gasteiger partial charge on any atom is -0.319 e. The smallest absolute Gasteiger partial charge is 0.319 e. The monoisotopic (exact) mass is 412 g/mol.